The highest BCUT2D eigenvalue weighted by Crippen LogP contribution is 2.38. The number of halogens is 4. The Balaban J connectivity index is 0.00000106. The number of ether oxygens (including phenoxy) is 1. The minimum atomic E-state index is -2.01. The monoisotopic (exact) mass is 366 g/mol. The number of benzene rings is 1. The molecule has 0 saturated carbocycles. The van der Waals surface area contributed by atoms with E-state index in [1.807, 2.05) is 6.92 Å². The molecule has 0 aromatic heterocycles. The number of fused-ring (bicyclic) bond motifs is 1. The van der Waals surface area contributed by atoms with Gasteiger partial charge >= 0.3 is 5.97 Å². The third-order valence-electron chi connectivity index (χ3n) is 2.80. The van der Waals surface area contributed by atoms with Crippen LogP contribution in [-0.4, -0.2) is 37.2 Å². The first-order valence-corrected chi connectivity index (χ1v) is 6.73. The predicted molar refractivity (Wildman–Crippen MR) is 76.8 cm³/mol. The Labute approximate surface area is 128 Å². The fourth-order valence-electron chi connectivity index (χ4n) is 1.96. The maximum Gasteiger partial charge on any atom is 0.335 e. The lowest BCUT2D eigenvalue weighted by molar-refractivity contribution is -0.134. The van der Waals surface area contributed by atoms with E-state index in [4.69, 9.17) is 9.84 Å². The lowest BCUT2D eigenvalue weighted by Gasteiger charge is -2.27. The van der Waals surface area contributed by atoms with Crippen LogP contribution in [0.5, 0.6) is 5.75 Å². The first-order valence-electron chi connectivity index (χ1n) is 5.93. The van der Waals surface area contributed by atoms with E-state index in [9.17, 15) is 18.0 Å². The summed E-state index contributed by atoms with van der Waals surface area (Å²) in [6.45, 7) is 0.541. The maximum absolute atomic E-state index is 13.5. The van der Waals surface area contributed by atoms with Crippen LogP contribution in [0, 0.1) is 6.92 Å². The highest BCUT2D eigenvalue weighted by Gasteiger charge is 2.35. The number of carboxylic acid groups (broad SMARTS) is 1. The molecule has 0 amide bonds. The Hall–Kier alpha value is -1.50. The molecule has 3 nitrogen and oxygen atoms in total. The highest BCUT2D eigenvalue weighted by atomic mass is 79.9. The molecule has 1 aliphatic rings. The summed E-state index contributed by atoms with van der Waals surface area (Å²) in [5.41, 5.74) is 1.15. The molecule has 7 heteroatoms. The molecule has 1 aromatic carbocycles. The summed E-state index contributed by atoms with van der Waals surface area (Å²) in [6, 6.07) is 3.49. The predicted octanol–water partition coefficient (Wildman–Crippen LogP) is 3.88. The van der Waals surface area contributed by atoms with E-state index >= 15 is 0 Å². The molecular formula is C14H14BrF3O3. The number of carboxylic acids is 1. The van der Waals surface area contributed by atoms with Gasteiger partial charge in [-0.1, -0.05) is 0 Å². The third-order valence-corrected chi connectivity index (χ3v) is 3.39. The van der Waals surface area contributed by atoms with Crippen molar-refractivity contribution >= 4 is 28.0 Å². The second kappa shape index (κ2) is 7.49. The third kappa shape index (κ3) is 3.78. The van der Waals surface area contributed by atoms with Gasteiger partial charge in [-0.2, -0.15) is 0 Å². The molecule has 2 rings (SSSR count). The Bertz CT molecular complexity index is 561. The van der Waals surface area contributed by atoms with Crippen molar-refractivity contribution in [1.29, 1.82) is 0 Å². The minimum Gasteiger partial charge on any atom is -0.480 e. The molecule has 21 heavy (non-hydrogen) atoms. The zero-order valence-electron chi connectivity index (χ0n) is 11.4. The van der Waals surface area contributed by atoms with Gasteiger partial charge in [-0.05, 0) is 46.6 Å². The second-order valence-corrected chi connectivity index (χ2v) is 5.13. The first-order chi connectivity index (χ1) is 9.93. The zero-order chi connectivity index (χ0) is 16.2. The highest BCUT2D eigenvalue weighted by molar-refractivity contribution is 9.10. The number of aliphatic carboxylic acids is 1. The number of alkyl halides is 3. The van der Waals surface area contributed by atoms with Crippen molar-refractivity contribution in [1.82, 2.24) is 0 Å². The minimum absolute atomic E-state index is 0.282. The number of rotatable bonds is 3. The van der Waals surface area contributed by atoms with E-state index in [2.05, 4.69) is 15.9 Å². The van der Waals surface area contributed by atoms with Crippen LogP contribution >= 0.6 is 15.9 Å². The largest absolute Gasteiger partial charge is 0.480 e. The zero-order valence-corrected chi connectivity index (χ0v) is 13.0. The summed E-state index contributed by atoms with van der Waals surface area (Å²) >= 11 is 3.27. The van der Waals surface area contributed by atoms with E-state index in [0.717, 1.165) is 5.56 Å². The Kier molecular flexibility index (Phi) is 6.26. The van der Waals surface area contributed by atoms with Gasteiger partial charge in [-0.15, -0.1) is 0 Å². The smallest absolute Gasteiger partial charge is 0.335 e. The Morgan fingerprint density at radius 1 is 1.48 bits per heavy atom. The van der Waals surface area contributed by atoms with Crippen molar-refractivity contribution in [2.45, 2.75) is 19.2 Å². The fourth-order valence-corrected chi connectivity index (χ4v) is 2.64. The summed E-state index contributed by atoms with van der Waals surface area (Å²) in [7, 11) is 0.500. The van der Waals surface area contributed by atoms with Crippen molar-refractivity contribution in [3.63, 3.8) is 0 Å². The van der Waals surface area contributed by atoms with Crippen molar-refractivity contribution in [2.75, 3.05) is 13.9 Å². The topological polar surface area (TPSA) is 46.5 Å². The molecule has 0 aliphatic carbocycles. The van der Waals surface area contributed by atoms with Gasteiger partial charge in [-0.25, -0.2) is 13.6 Å². The number of carbonyl (C=O) groups is 1. The number of hydrogen-bond donors (Lipinski definition) is 1. The van der Waals surface area contributed by atoms with Gasteiger partial charge in [0.05, 0.1) is 17.2 Å². The average Bonchev–Trinajstić information content (AvgIpc) is 2.47. The standard InChI is InChI=1S/C13H11BrF2O3.CH3F/c1-6-2-7-4-8(13(17)18)12(10(16)5-15)19-11(7)9(14)3-6;1-2/h2-4,10,12H,5H2,1H3,(H,17,18);1H3. The molecule has 0 saturated heterocycles. The normalized spacial score (nSPS) is 17.6. The molecule has 0 radical (unpaired) electrons. The molecule has 1 N–H and O–H groups in total. The Morgan fingerprint density at radius 2 is 2.10 bits per heavy atom. The summed E-state index contributed by atoms with van der Waals surface area (Å²) in [4.78, 5) is 11.1. The molecular weight excluding hydrogens is 353 g/mol. The van der Waals surface area contributed by atoms with Crippen LogP contribution in [0.3, 0.4) is 0 Å². The van der Waals surface area contributed by atoms with Gasteiger partial charge in [0, 0.05) is 5.56 Å². The number of hydrogen-bond acceptors (Lipinski definition) is 2. The Morgan fingerprint density at radius 3 is 2.62 bits per heavy atom. The van der Waals surface area contributed by atoms with Crippen molar-refractivity contribution in [3.8, 4) is 5.75 Å². The van der Waals surface area contributed by atoms with Crippen LogP contribution < -0.4 is 4.74 Å². The lowest BCUT2D eigenvalue weighted by Crippen LogP contribution is -2.37. The SMILES string of the molecule is CF.Cc1cc(Br)c2c(c1)C=C(C(=O)O)C(C(F)CF)O2. The van der Waals surface area contributed by atoms with Gasteiger partial charge in [0.2, 0.25) is 0 Å². The van der Waals surface area contributed by atoms with Gasteiger partial charge < -0.3 is 9.84 Å². The molecule has 116 valence electrons. The lowest BCUT2D eigenvalue weighted by atomic mass is 9.98. The van der Waals surface area contributed by atoms with Crippen LogP contribution in [0.2, 0.25) is 0 Å². The summed E-state index contributed by atoms with van der Waals surface area (Å²) in [6.07, 6.45) is -2.12. The van der Waals surface area contributed by atoms with Crippen LogP contribution in [-0.2, 0) is 4.79 Å². The van der Waals surface area contributed by atoms with E-state index in [1.54, 1.807) is 12.1 Å². The van der Waals surface area contributed by atoms with E-state index in [-0.39, 0.29) is 5.57 Å². The van der Waals surface area contributed by atoms with E-state index < -0.39 is 24.9 Å². The van der Waals surface area contributed by atoms with Crippen molar-refractivity contribution < 1.29 is 27.8 Å². The molecule has 0 spiro atoms. The molecule has 1 aromatic rings. The molecule has 0 bridgehead atoms. The number of aryl methyl sites for hydroxylation is 1. The van der Waals surface area contributed by atoms with Gasteiger partial charge in [0.15, 0.2) is 12.3 Å². The first kappa shape index (κ1) is 17.6. The second-order valence-electron chi connectivity index (χ2n) is 4.28. The summed E-state index contributed by atoms with van der Waals surface area (Å²) in [5, 5.41) is 9.07. The van der Waals surface area contributed by atoms with E-state index in [1.165, 1.54) is 6.08 Å². The molecule has 1 heterocycles. The van der Waals surface area contributed by atoms with Crippen LogP contribution in [0.1, 0.15) is 11.1 Å². The summed E-state index contributed by atoms with van der Waals surface area (Å²) < 4.78 is 41.4. The van der Waals surface area contributed by atoms with Crippen LogP contribution in [0.25, 0.3) is 6.08 Å². The molecule has 1 aliphatic heterocycles. The van der Waals surface area contributed by atoms with E-state index in [0.29, 0.717) is 23.0 Å². The van der Waals surface area contributed by atoms with Crippen LogP contribution in [0.15, 0.2) is 22.2 Å². The average molecular weight is 367 g/mol. The molecule has 2 unspecified atom stereocenters. The van der Waals surface area contributed by atoms with Crippen molar-refractivity contribution in [3.05, 3.63) is 33.3 Å². The fraction of sp³-hybridized carbons (Fsp3) is 0.357. The van der Waals surface area contributed by atoms with Gasteiger partial charge in [0.1, 0.15) is 12.4 Å². The summed E-state index contributed by atoms with van der Waals surface area (Å²) in [5.74, 6) is -0.985. The van der Waals surface area contributed by atoms with Gasteiger partial charge in [0.25, 0.3) is 0 Å². The molecule has 2 atom stereocenters. The quantitative estimate of drug-likeness (QED) is 0.882. The van der Waals surface area contributed by atoms with Crippen molar-refractivity contribution in [2.24, 2.45) is 0 Å². The maximum atomic E-state index is 13.5. The van der Waals surface area contributed by atoms with Gasteiger partial charge in [-0.3, -0.25) is 4.39 Å². The molecule has 0 fully saturated rings. The van der Waals surface area contributed by atoms with Crippen LogP contribution in [0.4, 0.5) is 13.2 Å².